The van der Waals surface area contributed by atoms with Gasteiger partial charge >= 0.3 is 6.03 Å². The summed E-state index contributed by atoms with van der Waals surface area (Å²) in [5.41, 5.74) is 0.316. The molecule has 0 saturated heterocycles. The second-order valence-electron chi connectivity index (χ2n) is 6.15. The minimum Gasteiger partial charge on any atom is -0.333 e. The molecule has 2 N–H and O–H groups in total. The Morgan fingerprint density at radius 3 is 2.83 bits per heavy atom. The largest absolute Gasteiger partial charge is 0.333 e. The van der Waals surface area contributed by atoms with Crippen molar-refractivity contribution >= 4 is 63.2 Å². The lowest BCUT2D eigenvalue weighted by atomic mass is 10.1. The molecule has 2 aromatic rings. The molecule has 0 saturated carbocycles. The molecule has 1 aliphatic rings. The van der Waals surface area contributed by atoms with Gasteiger partial charge in [-0.2, -0.15) is 9.47 Å². The van der Waals surface area contributed by atoms with Crippen LogP contribution in [0.2, 0.25) is 4.34 Å². The van der Waals surface area contributed by atoms with E-state index in [2.05, 4.69) is 25.1 Å². The topological polar surface area (TPSA) is 120 Å². The van der Waals surface area contributed by atoms with E-state index in [-0.39, 0.29) is 24.8 Å². The summed E-state index contributed by atoms with van der Waals surface area (Å²) in [6.07, 6.45) is 0.560. The van der Waals surface area contributed by atoms with Crippen LogP contribution in [0.15, 0.2) is 17.2 Å². The second-order valence-corrected chi connectivity index (χ2v) is 8.71. The highest BCUT2D eigenvalue weighted by Crippen LogP contribution is 2.21. The van der Waals surface area contributed by atoms with E-state index in [1.807, 2.05) is 6.07 Å². The van der Waals surface area contributed by atoms with Gasteiger partial charge in [0.1, 0.15) is 5.71 Å². The number of nitrogens with zero attached hydrogens (tertiary/aromatic N) is 5. The molecule has 0 aliphatic carbocycles. The summed E-state index contributed by atoms with van der Waals surface area (Å²) in [7, 11) is 3.13. The van der Waals surface area contributed by atoms with Crippen LogP contribution < -0.4 is 10.6 Å². The number of aromatic nitrogens is 2. The maximum atomic E-state index is 12.5. The van der Waals surface area contributed by atoms with E-state index in [0.29, 0.717) is 34.0 Å². The SMILES string of the molecule is CN(Cc1nsc(NC(=O)NCc2ccc(Cl)s2)n1)C(=O)C1=NN(C)C(=O)CC1. The molecule has 13 heteroatoms. The molecule has 154 valence electrons. The quantitative estimate of drug-likeness (QED) is 0.691. The van der Waals surface area contributed by atoms with Gasteiger partial charge in [0.2, 0.25) is 11.0 Å². The lowest BCUT2D eigenvalue weighted by molar-refractivity contribution is -0.130. The number of anilines is 1. The van der Waals surface area contributed by atoms with Crippen LogP contribution in [0.25, 0.3) is 0 Å². The third-order valence-corrected chi connectivity index (χ3v) is 5.82. The van der Waals surface area contributed by atoms with Crippen molar-refractivity contribution in [3.8, 4) is 0 Å². The predicted molar refractivity (Wildman–Crippen MR) is 111 cm³/mol. The van der Waals surface area contributed by atoms with E-state index in [4.69, 9.17) is 11.6 Å². The molecule has 0 spiro atoms. The van der Waals surface area contributed by atoms with Crippen LogP contribution in [0.1, 0.15) is 23.5 Å². The third-order valence-electron chi connectivity index (χ3n) is 3.92. The van der Waals surface area contributed by atoms with Crippen molar-refractivity contribution in [2.75, 3.05) is 19.4 Å². The van der Waals surface area contributed by atoms with Crippen molar-refractivity contribution in [3.63, 3.8) is 0 Å². The van der Waals surface area contributed by atoms with Crippen LogP contribution in [0, 0.1) is 0 Å². The lowest BCUT2D eigenvalue weighted by Gasteiger charge is -2.22. The van der Waals surface area contributed by atoms with E-state index >= 15 is 0 Å². The first-order chi connectivity index (χ1) is 13.8. The number of hydrazone groups is 1. The van der Waals surface area contributed by atoms with E-state index in [0.717, 1.165) is 16.4 Å². The van der Waals surface area contributed by atoms with Crippen LogP contribution in [-0.2, 0) is 22.7 Å². The number of carbonyl (C=O) groups is 3. The number of rotatable bonds is 6. The maximum Gasteiger partial charge on any atom is 0.321 e. The Morgan fingerprint density at radius 2 is 2.14 bits per heavy atom. The highest BCUT2D eigenvalue weighted by atomic mass is 35.5. The molecule has 0 aromatic carbocycles. The van der Waals surface area contributed by atoms with Gasteiger partial charge in [-0.3, -0.25) is 14.9 Å². The summed E-state index contributed by atoms with van der Waals surface area (Å²) in [5, 5.41) is 10.8. The minimum atomic E-state index is -0.411. The first-order valence-corrected chi connectivity index (χ1v) is 10.5. The van der Waals surface area contributed by atoms with Crippen LogP contribution in [0.4, 0.5) is 9.93 Å². The molecule has 0 radical (unpaired) electrons. The fourth-order valence-electron chi connectivity index (χ4n) is 2.45. The number of urea groups is 1. The summed E-state index contributed by atoms with van der Waals surface area (Å²) in [5.74, 6) is -0.0189. The number of halogens is 1. The second kappa shape index (κ2) is 9.29. The number of nitrogens with one attached hydrogen (secondary N) is 2. The molecule has 3 rings (SSSR count). The Morgan fingerprint density at radius 1 is 1.34 bits per heavy atom. The summed E-state index contributed by atoms with van der Waals surface area (Å²) in [4.78, 5) is 42.5. The van der Waals surface area contributed by atoms with Gasteiger partial charge in [0.15, 0.2) is 5.82 Å². The van der Waals surface area contributed by atoms with Gasteiger partial charge in [0.05, 0.1) is 17.4 Å². The Labute approximate surface area is 179 Å². The van der Waals surface area contributed by atoms with E-state index in [9.17, 15) is 14.4 Å². The molecular formula is C16H18ClN7O3S2. The first kappa shape index (κ1) is 21.1. The van der Waals surface area contributed by atoms with E-state index in [1.54, 1.807) is 13.1 Å². The van der Waals surface area contributed by atoms with Crippen molar-refractivity contribution in [1.82, 2.24) is 24.6 Å². The lowest BCUT2D eigenvalue weighted by Crippen LogP contribution is -2.38. The highest BCUT2D eigenvalue weighted by Gasteiger charge is 2.25. The Hall–Kier alpha value is -2.57. The van der Waals surface area contributed by atoms with Crippen LogP contribution in [0.3, 0.4) is 0 Å². The fraction of sp³-hybridized carbons (Fsp3) is 0.375. The Kier molecular flexibility index (Phi) is 6.77. The molecular weight excluding hydrogens is 438 g/mol. The number of hydrogen-bond donors (Lipinski definition) is 2. The van der Waals surface area contributed by atoms with Gasteiger partial charge in [0.25, 0.3) is 5.91 Å². The van der Waals surface area contributed by atoms with E-state index < -0.39 is 6.03 Å². The first-order valence-electron chi connectivity index (χ1n) is 8.53. The van der Waals surface area contributed by atoms with Crippen molar-refractivity contribution in [2.24, 2.45) is 5.10 Å². The average Bonchev–Trinajstić information content (AvgIpc) is 3.30. The highest BCUT2D eigenvalue weighted by molar-refractivity contribution is 7.16. The number of amides is 4. The zero-order valence-corrected chi connectivity index (χ0v) is 18.0. The average molecular weight is 456 g/mol. The molecule has 1 aliphatic heterocycles. The number of hydrogen-bond acceptors (Lipinski definition) is 8. The molecule has 2 aromatic heterocycles. The summed E-state index contributed by atoms with van der Waals surface area (Å²) < 4.78 is 4.82. The fourth-order valence-corrected chi connectivity index (χ4v) is 4.05. The molecule has 3 heterocycles. The zero-order chi connectivity index (χ0) is 21.0. The summed E-state index contributed by atoms with van der Waals surface area (Å²) in [6.45, 7) is 0.508. The van der Waals surface area contributed by atoms with Gasteiger partial charge in [-0.1, -0.05) is 11.6 Å². The molecule has 0 unspecified atom stereocenters. The van der Waals surface area contributed by atoms with Gasteiger partial charge in [0, 0.05) is 43.3 Å². The van der Waals surface area contributed by atoms with E-state index in [1.165, 1.54) is 28.3 Å². The third kappa shape index (κ3) is 5.71. The van der Waals surface area contributed by atoms with Crippen molar-refractivity contribution in [2.45, 2.75) is 25.9 Å². The molecule has 0 fully saturated rings. The smallest absolute Gasteiger partial charge is 0.321 e. The van der Waals surface area contributed by atoms with Crippen molar-refractivity contribution in [3.05, 3.63) is 27.2 Å². The number of carbonyl (C=O) groups excluding carboxylic acids is 3. The van der Waals surface area contributed by atoms with Crippen molar-refractivity contribution < 1.29 is 14.4 Å². The van der Waals surface area contributed by atoms with Crippen LogP contribution in [0.5, 0.6) is 0 Å². The molecule has 4 amide bonds. The monoisotopic (exact) mass is 455 g/mol. The zero-order valence-electron chi connectivity index (χ0n) is 15.6. The maximum absolute atomic E-state index is 12.5. The summed E-state index contributed by atoms with van der Waals surface area (Å²) >= 11 is 8.27. The number of thiophene rings is 1. The standard InChI is InChI=1S/C16H18ClN7O3S2/c1-23(14(26)10-4-6-13(25)24(2)21-10)8-12-19-16(29-22-12)20-15(27)18-7-9-3-5-11(17)28-9/h3,5H,4,6-8H2,1-2H3,(H2,18,19,20,22,27). The van der Waals surface area contributed by atoms with Crippen LogP contribution >= 0.6 is 34.5 Å². The van der Waals surface area contributed by atoms with Gasteiger partial charge in [-0.25, -0.2) is 14.8 Å². The summed E-state index contributed by atoms with van der Waals surface area (Å²) in [6, 6.07) is 3.20. The molecule has 0 atom stereocenters. The van der Waals surface area contributed by atoms with Crippen molar-refractivity contribution in [1.29, 1.82) is 0 Å². The molecule has 10 nitrogen and oxygen atoms in total. The predicted octanol–water partition coefficient (Wildman–Crippen LogP) is 2.14. The minimum absolute atomic E-state index is 0.124. The Balaban J connectivity index is 1.50. The normalized spacial score (nSPS) is 13.8. The van der Waals surface area contributed by atoms with Gasteiger partial charge in [-0.05, 0) is 12.1 Å². The Bertz CT molecular complexity index is 958. The molecule has 29 heavy (non-hydrogen) atoms. The molecule has 0 bridgehead atoms. The van der Waals surface area contributed by atoms with Gasteiger partial charge in [-0.15, -0.1) is 11.3 Å². The van der Waals surface area contributed by atoms with Crippen LogP contribution in [-0.4, -0.2) is 56.9 Å². The van der Waals surface area contributed by atoms with Gasteiger partial charge < -0.3 is 10.2 Å².